The van der Waals surface area contributed by atoms with E-state index in [1.54, 1.807) is 0 Å². The molecule has 524 valence electrons. The summed E-state index contributed by atoms with van der Waals surface area (Å²) in [5, 5.41) is 38.2. The van der Waals surface area contributed by atoms with Crippen molar-refractivity contribution >= 4 is 14.6 Å². The first-order valence-corrected chi connectivity index (χ1v) is 35.4. The lowest BCUT2D eigenvalue weighted by Crippen LogP contribution is -2.27. The maximum Gasteiger partial charge on any atom is 0.707 e. The predicted octanol–water partition coefficient (Wildman–Crippen LogP) is 18.5. The minimum Gasteiger partial charge on any atom is -0.512 e. The highest BCUT2D eigenvalue weighted by atomic mass is 19.4. The number of benzene rings is 1. The van der Waals surface area contributed by atoms with Crippen LogP contribution in [0.1, 0.15) is 308 Å². The molecule has 0 atom stereocenters. The van der Waals surface area contributed by atoms with E-state index in [0.717, 1.165) is 0 Å². The molecule has 0 aliphatic carbocycles. The van der Waals surface area contributed by atoms with Crippen LogP contribution >= 0.6 is 0 Å². The van der Waals surface area contributed by atoms with Gasteiger partial charge in [0.2, 0.25) is 0 Å². The van der Waals surface area contributed by atoms with E-state index >= 15 is 0 Å². The smallest absolute Gasteiger partial charge is 0.512 e. The van der Waals surface area contributed by atoms with Gasteiger partial charge in [-0.2, -0.15) is 26.3 Å². The zero-order valence-corrected chi connectivity index (χ0v) is 59.4. The van der Waals surface area contributed by atoms with Crippen molar-refractivity contribution in [2.24, 2.45) is 0 Å². The molecule has 0 aromatic heterocycles. The summed E-state index contributed by atoms with van der Waals surface area (Å²) >= 11 is 0. The summed E-state index contributed by atoms with van der Waals surface area (Å²) in [6, 6.07) is 0.361. The standard InChI is InChI=1S/5C12H27N.C8H5BF6O3.BH3O3/c5*1-4-7-10-13(11-8-5-2)12-9-6-3;10-7(11,12)4-1-5(8(13,14)15)3-6(2-4)18-9(16)17;2-1(3)4/h5*4-12H2,1-3H3;1-3,16-17H;2-4H. The van der Waals surface area contributed by atoms with Gasteiger partial charge in [0.15, 0.2) is 0 Å². The van der Waals surface area contributed by atoms with Gasteiger partial charge in [-0.05, 0) is 213 Å². The van der Waals surface area contributed by atoms with Gasteiger partial charge in [0.05, 0.1) is 11.1 Å². The molecule has 0 aliphatic heterocycles. The van der Waals surface area contributed by atoms with E-state index < -0.39 is 43.9 Å². The van der Waals surface area contributed by atoms with Gasteiger partial charge in [0.1, 0.15) is 5.75 Å². The average molecular weight is 1260 g/mol. The van der Waals surface area contributed by atoms with E-state index in [1.807, 2.05) is 0 Å². The quantitative estimate of drug-likeness (QED) is 0.0316. The van der Waals surface area contributed by atoms with Crippen molar-refractivity contribution in [3.63, 3.8) is 0 Å². The SMILES string of the molecule is CCCCN(CCCC)CCCC.CCCCN(CCCC)CCCC.CCCCN(CCCC)CCCC.CCCCN(CCCC)CCCC.CCCCN(CCCC)CCCC.OB(O)O.OB(O)Oc1cc(C(F)(F)F)cc(C(F)(F)F)c1. The van der Waals surface area contributed by atoms with Crippen LogP contribution in [0, 0.1) is 0 Å². The summed E-state index contributed by atoms with van der Waals surface area (Å²) in [5.74, 6) is -0.952. The second-order valence-electron chi connectivity index (χ2n) is 23.0. The fourth-order valence-corrected chi connectivity index (χ4v) is 8.52. The number of unbranched alkanes of at least 4 members (excludes halogenated alkanes) is 15. The second-order valence-corrected chi connectivity index (χ2v) is 23.0. The van der Waals surface area contributed by atoms with Crippen LogP contribution in [0.25, 0.3) is 0 Å². The van der Waals surface area contributed by atoms with Crippen LogP contribution in [0.15, 0.2) is 18.2 Å². The van der Waals surface area contributed by atoms with Crippen molar-refractivity contribution in [2.75, 3.05) is 98.2 Å². The molecule has 0 radical (unpaired) electrons. The van der Waals surface area contributed by atoms with Crippen LogP contribution in [0.4, 0.5) is 26.3 Å². The van der Waals surface area contributed by atoms with E-state index in [0.29, 0.717) is 0 Å². The van der Waals surface area contributed by atoms with Gasteiger partial charge in [-0.3, -0.25) is 0 Å². The third-order valence-corrected chi connectivity index (χ3v) is 14.2. The molecule has 1 rings (SSSR count). The van der Waals surface area contributed by atoms with E-state index in [1.165, 1.54) is 291 Å². The highest BCUT2D eigenvalue weighted by molar-refractivity contribution is 6.33. The molecule has 0 spiro atoms. The molecule has 0 aliphatic rings. The van der Waals surface area contributed by atoms with Crippen molar-refractivity contribution in [3.05, 3.63) is 29.3 Å². The zero-order chi connectivity index (χ0) is 67.4. The van der Waals surface area contributed by atoms with Gasteiger partial charge in [0.25, 0.3) is 0 Å². The molecule has 1 aromatic carbocycles. The fourth-order valence-electron chi connectivity index (χ4n) is 8.52. The molecular weight excluding hydrogens is 1120 g/mol. The van der Waals surface area contributed by atoms with Crippen LogP contribution in [-0.2, 0) is 12.4 Å². The van der Waals surface area contributed by atoms with Gasteiger partial charge in [-0.15, -0.1) is 0 Å². The highest BCUT2D eigenvalue weighted by Gasteiger charge is 2.37. The normalized spacial score (nSPS) is 11.2. The number of halogens is 6. The van der Waals surface area contributed by atoms with Gasteiger partial charge in [-0.25, -0.2) is 0 Å². The van der Waals surface area contributed by atoms with Crippen molar-refractivity contribution in [1.82, 2.24) is 24.5 Å². The van der Waals surface area contributed by atoms with E-state index in [-0.39, 0.29) is 18.2 Å². The predicted molar refractivity (Wildman–Crippen MR) is 365 cm³/mol. The maximum atomic E-state index is 12.3. The number of hydrogen-bond donors (Lipinski definition) is 5. The summed E-state index contributed by atoms with van der Waals surface area (Å²) in [6.07, 6.45) is 30.4. The van der Waals surface area contributed by atoms with Crippen LogP contribution in [0.2, 0.25) is 0 Å². The number of hydrogen-bond acceptors (Lipinski definition) is 11. The first kappa shape index (κ1) is 96.4. The monoisotopic (exact) mass is 1260 g/mol. The molecule has 0 saturated heterocycles. The summed E-state index contributed by atoms with van der Waals surface area (Å²) < 4.78 is 78.0. The zero-order valence-electron chi connectivity index (χ0n) is 59.4. The Hall–Kier alpha value is -1.67. The molecule has 0 unspecified atom stereocenters. The van der Waals surface area contributed by atoms with Gasteiger partial charge >= 0.3 is 27.0 Å². The molecule has 0 saturated carbocycles. The van der Waals surface area contributed by atoms with Gasteiger partial charge in [0, 0.05) is 0 Å². The lowest BCUT2D eigenvalue weighted by atomic mass is 10.1. The Morgan fingerprint density at radius 2 is 0.402 bits per heavy atom. The third kappa shape index (κ3) is 76.7. The number of alkyl halides is 6. The lowest BCUT2D eigenvalue weighted by Gasteiger charge is -2.21. The topological polar surface area (TPSA) is 127 Å². The Kier molecular flexibility index (Phi) is 81.3. The van der Waals surface area contributed by atoms with Gasteiger partial charge < -0.3 is 54.3 Å². The van der Waals surface area contributed by atoms with Crippen LogP contribution in [0.5, 0.6) is 5.75 Å². The molecule has 0 amide bonds. The molecular formula is C68H143B2F6N5O6. The Balaban J connectivity index is -0.000000224. The van der Waals surface area contributed by atoms with Gasteiger partial charge in [-0.1, -0.05) is 200 Å². The molecule has 0 fully saturated rings. The minimum absolute atomic E-state index is 0.101. The Morgan fingerprint density at radius 1 is 0.276 bits per heavy atom. The lowest BCUT2D eigenvalue weighted by molar-refractivity contribution is -0.143. The number of rotatable bonds is 47. The van der Waals surface area contributed by atoms with Crippen molar-refractivity contribution in [3.8, 4) is 5.75 Å². The summed E-state index contributed by atoms with van der Waals surface area (Å²) in [5.41, 5.74) is -3.21. The minimum atomic E-state index is -5.01. The van der Waals surface area contributed by atoms with Crippen molar-refractivity contribution in [2.45, 2.75) is 309 Å². The molecule has 5 N–H and O–H groups in total. The summed E-state index contributed by atoms with van der Waals surface area (Å²) in [6.45, 7) is 53.9. The molecule has 19 heteroatoms. The largest absolute Gasteiger partial charge is 0.707 e. The maximum absolute atomic E-state index is 12.3. The first-order chi connectivity index (χ1) is 41.5. The molecule has 11 nitrogen and oxygen atoms in total. The second kappa shape index (κ2) is 73.4. The fraction of sp³-hybridized carbons (Fsp3) is 0.912. The molecule has 1 aromatic rings. The first-order valence-electron chi connectivity index (χ1n) is 35.4. The molecule has 87 heavy (non-hydrogen) atoms. The van der Waals surface area contributed by atoms with Crippen LogP contribution in [-0.4, -0.2) is 162 Å². The van der Waals surface area contributed by atoms with Crippen molar-refractivity contribution in [1.29, 1.82) is 0 Å². The summed E-state index contributed by atoms with van der Waals surface area (Å²) in [7, 11) is -4.69. The Bertz CT molecular complexity index is 1180. The summed E-state index contributed by atoms with van der Waals surface area (Å²) in [4.78, 5) is 13.2. The van der Waals surface area contributed by atoms with E-state index in [4.69, 9.17) is 25.1 Å². The molecule has 0 bridgehead atoms. The Labute approximate surface area is 535 Å². The average Bonchev–Trinajstić information content (AvgIpc) is 2.39. The number of nitrogens with zero attached hydrogens (tertiary/aromatic N) is 5. The van der Waals surface area contributed by atoms with E-state index in [9.17, 15) is 26.3 Å². The van der Waals surface area contributed by atoms with Crippen LogP contribution < -0.4 is 4.65 Å². The molecule has 0 heterocycles. The highest BCUT2D eigenvalue weighted by Crippen LogP contribution is 2.38. The van der Waals surface area contributed by atoms with Crippen LogP contribution in [0.3, 0.4) is 0 Å². The van der Waals surface area contributed by atoms with Crippen molar-refractivity contribution < 1.29 is 56.1 Å². The van der Waals surface area contributed by atoms with E-state index in [2.05, 4.69) is 133 Å². The third-order valence-electron chi connectivity index (χ3n) is 14.2. The Morgan fingerprint density at radius 3 is 0.494 bits per heavy atom.